The average molecular weight is 202 g/mol. The van der Waals surface area contributed by atoms with E-state index in [0.717, 1.165) is 0 Å². The number of halogens is 1. The van der Waals surface area contributed by atoms with E-state index >= 15 is 0 Å². The van der Waals surface area contributed by atoms with Crippen molar-refractivity contribution in [1.29, 1.82) is 0 Å². The Labute approximate surface area is 65.8 Å². The number of hydrogen-bond acceptors (Lipinski definition) is 3. The molecular weight excluding hydrogens is 198 g/mol. The van der Waals surface area contributed by atoms with Crippen molar-refractivity contribution >= 4 is 21.6 Å². The molecule has 1 rings (SSSR count). The minimum Gasteiger partial charge on any atom is -0.506 e. The number of phenols is 1. The third-order valence-corrected chi connectivity index (χ3v) is 1.70. The molecular formula is C6H4BrNO2. The maximum Gasteiger partial charge on any atom is 0.163 e. The number of nitroso groups, excluding NO2 is 1. The van der Waals surface area contributed by atoms with Crippen LogP contribution in [0.5, 0.6) is 5.75 Å². The van der Waals surface area contributed by atoms with Gasteiger partial charge in [-0.1, -0.05) is 6.07 Å². The number of rotatable bonds is 1. The number of aromatic hydroxyl groups is 1. The van der Waals surface area contributed by atoms with Gasteiger partial charge < -0.3 is 5.11 Å². The highest BCUT2D eigenvalue weighted by molar-refractivity contribution is 9.10. The van der Waals surface area contributed by atoms with Crippen LogP contribution in [0.3, 0.4) is 0 Å². The molecule has 0 fully saturated rings. The molecule has 0 spiro atoms. The van der Waals surface area contributed by atoms with Crippen LogP contribution in [0, 0.1) is 4.91 Å². The van der Waals surface area contributed by atoms with E-state index in [1.165, 1.54) is 6.07 Å². The van der Waals surface area contributed by atoms with Crippen LogP contribution in [0.4, 0.5) is 5.69 Å². The highest BCUT2D eigenvalue weighted by atomic mass is 79.9. The van der Waals surface area contributed by atoms with Crippen LogP contribution in [0.15, 0.2) is 27.8 Å². The predicted octanol–water partition coefficient (Wildman–Crippen LogP) is 2.55. The molecule has 0 aliphatic carbocycles. The largest absolute Gasteiger partial charge is 0.506 e. The van der Waals surface area contributed by atoms with Crippen molar-refractivity contribution in [3.05, 3.63) is 27.6 Å². The van der Waals surface area contributed by atoms with Crippen molar-refractivity contribution < 1.29 is 5.11 Å². The van der Waals surface area contributed by atoms with E-state index in [1.807, 2.05) is 0 Å². The summed E-state index contributed by atoms with van der Waals surface area (Å²) in [5, 5.41) is 11.6. The molecule has 0 aliphatic rings. The Balaban J connectivity index is 3.30. The second-order valence-electron chi connectivity index (χ2n) is 1.70. The van der Waals surface area contributed by atoms with Gasteiger partial charge in [0.1, 0.15) is 5.75 Å². The molecule has 0 radical (unpaired) electrons. The molecule has 0 atom stereocenters. The smallest absolute Gasteiger partial charge is 0.163 e. The zero-order chi connectivity index (χ0) is 7.56. The molecule has 0 unspecified atom stereocenters. The highest BCUT2D eigenvalue weighted by Gasteiger charge is 2.03. The van der Waals surface area contributed by atoms with Crippen LogP contribution >= 0.6 is 15.9 Å². The first kappa shape index (κ1) is 7.21. The third kappa shape index (κ3) is 1.16. The van der Waals surface area contributed by atoms with Gasteiger partial charge in [0.2, 0.25) is 0 Å². The number of hydrogen-bond donors (Lipinski definition) is 1. The quantitative estimate of drug-likeness (QED) is 0.711. The van der Waals surface area contributed by atoms with E-state index < -0.39 is 0 Å². The van der Waals surface area contributed by atoms with Gasteiger partial charge in [-0.3, -0.25) is 0 Å². The second kappa shape index (κ2) is 2.79. The lowest BCUT2D eigenvalue weighted by Gasteiger charge is -1.95. The molecule has 1 aromatic rings. The van der Waals surface area contributed by atoms with Crippen molar-refractivity contribution in [2.75, 3.05) is 0 Å². The number of phenolic OH excluding ortho intramolecular Hbond substituents is 1. The Bertz CT molecular complexity index is 242. The van der Waals surface area contributed by atoms with Gasteiger partial charge in [-0.05, 0) is 33.2 Å². The molecule has 0 aliphatic heterocycles. The molecule has 1 N–H and O–H groups in total. The van der Waals surface area contributed by atoms with Crippen LogP contribution in [0.2, 0.25) is 0 Å². The molecule has 0 aromatic heterocycles. The summed E-state index contributed by atoms with van der Waals surface area (Å²) in [6.45, 7) is 0. The summed E-state index contributed by atoms with van der Waals surface area (Å²) in [7, 11) is 0. The summed E-state index contributed by atoms with van der Waals surface area (Å²) in [5.74, 6) is -0.107. The summed E-state index contributed by atoms with van der Waals surface area (Å²) in [6.07, 6.45) is 0. The molecule has 0 saturated carbocycles. The van der Waals surface area contributed by atoms with Gasteiger partial charge in [0.25, 0.3) is 0 Å². The first-order valence-corrected chi connectivity index (χ1v) is 3.36. The predicted molar refractivity (Wildman–Crippen MR) is 41.3 cm³/mol. The fraction of sp³-hybridized carbons (Fsp3) is 0. The summed E-state index contributed by atoms with van der Waals surface area (Å²) in [5.41, 5.74) is 0.0440. The topological polar surface area (TPSA) is 49.7 Å². The molecule has 0 bridgehead atoms. The van der Waals surface area contributed by atoms with Crippen LogP contribution in [-0.2, 0) is 0 Å². The monoisotopic (exact) mass is 201 g/mol. The van der Waals surface area contributed by atoms with Gasteiger partial charge in [-0.15, -0.1) is 4.91 Å². The zero-order valence-corrected chi connectivity index (χ0v) is 6.50. The SMILES string of the molecule is O=Nc1c(O)cccc1Br. The maximum atomic E-state index is 10.0. The normalized spacial score (nSPS) is 9.30. The molecule has 4 heteroatoms. The Kier molecular flexibility index (Phi) is 2.01. The second-order valence-corrected chi connectivity index (χ2v) is 2.55. The summed E-state index contributed by atoms with van der Waals surface area (Å²) in [6, 6.07) is 4.66. The zero-order valence-electron chi connectivity index (χ0n) is 4.91. The Morgan fingerprint density at radius 3 is 2.60 bits per heavy atom. The highest BCUT2D eigenvalue weighted by Crippen LogP contribution is 2.33. The molecule has 0 saturated heterocycles. The standard InChI is InChI=1S/C6H4BrNO2/c7-4-2-1-3-5(9)6(4)8-10/h1-3,9H. The van der Waals surface area contributed by atoms with Gasteiger partial charge in [0.05, 0.1) is 4.47 Å². The Morgan fingerprint density at radius 1 is 1.50 bits per heavy atom. The van der Waals surface area contributed by atoms with Crippen molar-refractivity contribution in [2.24, 2.45) is 5.18 Å². The van der Waals surface area contributed by atoms with Crippen molar-refractivity contribution in [3.8, 4) is 5.75 Å². The van der Waals surface area contributed by atoms with E-state index in [-0.39, 0.29) is 11.4 Å². The molecule has 1 aromatic carbocycles. The lowest BCUT2D eigenvalue weighted by atomic mass is 10.3. The minimum absolute atomic E-state index is 0.0440. The Morgan fingerprint density at radius 2 is 2.20 bits per heavy atom. The van der Waals surface area contributed by atoms with E-state index in [4.69, 9.17) is 5.11 Å². The van der Waals surface area contributed by atoms with Gasteiger partial charge in [-0.2, -0.15) is 0 Å². The van der Waals surface area contributed by atoms with Crippen molar-refractivity contribution in [3.63, 3.8) is 0 Å². The summed E-state index contributed by atoms with van der Waals surface area (Å²) < 4.78 is 0.502. The van der Waals surface area contributed by atoms with Gasteiger partial charge in [0, 0.05) is 0 Å². The summed E-state index contributed by atoms with van der Waals surface area (Å²) in [4.78, 5) is 10.0. The summed E-state index contributed by atoms with van der Waals surface area (Å²) >= 11 is 3.05. The van der Waals surface area contributed by atoms with Gasteiger partial charge in [-0.25, -0.2) is 0 Å². The molecule has 0 heterocycles. The molecule has 10 heavy (non-hydrogen) atoms. The van der Waals surface area contributed by atoms with Gasteiger partial charge in [0.15, 0.2) is 5.69 Å². The van der Waals surface area contributed by atoms with E-state index in [2.05, 4.69) is 21.1 Å². The van der Waals surface area contributed by atoms with E-state index in [0.29, 0.717) is 4.47 Å². The number of benzene rings is 1. The van der Waals surface area contributed by atoms with Crippen molar-refractivity contribution in [2.45, 2.75) is 0 Å². The Hall–Kier alpha value is -0.900. The average Bonchev–Trinajstić information content (AvgIpc) is 1.88. The van der Waals surface area contributed by atoms with E-state index in [9.17, 15) is 4.91 Å². The lowest BCUT2D eigenvalue weighted by Crippen LogP contribution is -1.68. The van der Waals surface area contributed by atoms with Gasteiger partial charge >= 0.3 is 0 Å². The fourth-order valence-corrected chi connectivity index (χ4v) is 1.02. The van der Waals surface area contributed by atoms with Crippen LogP contribution in [-0.4, -0.2) is 5.11 Å². The van der Waals surface area contributed by atoms with E-state index in [1.54, 1.807) is 12.1 Å². The third-order valence-electron chi connectivity index (χ3n) is 1.06. The van der Waals surface area contributed by atoms with Crippen LogP contribution in [0.1, 0.15) is 0 Å². The first-order chi connectivity index (χ1) is 4.75. The maximum absolute atomic E-state index is 10.0. The molecule has 0 amide bonds. The minimum atomic E-state index is -0.107. The lowest BCUT2D eigenvalue weighted by molar-refractivity contribution is 0.476. The first-order valence-electron chi connectivity index (χ1n) is 2.56. The van der Waals surface area contributed by atoms with Crippen molar-refractivity contribution in [1.82, 2.24) is 0 Å². The fourth-order valence-electron chi connectivity index (χ4n) is 0.594. The molecule has 52 valence electrons. The molecule has 3 nitrogen and oxygen atoms in total. The van der Waals surface area contributed by atoms with Crippen LogP contribution < -0.4 is 0 Å². The number of nitrogens with zero attached hydrogens (tertiary/aromatic N) is 1. The van der Waals surface area contributed by atoms with Crippen LogP contribution in [0.25, 0.3) is 0 Å².